The van der Waals surface area contributed by atoms with Gasteiger partial charge in [0, 0.05) is 25.8 Å². The molecule has 0 radical (unpaired) electrons. The molecule has 32 heavy (non-hydrogen) atoms. The number of aliphatic hydroxyl groups excluding tert-OH is 1. The molecule has 2 aromatic carbocycles. The van der Waals surface area contributed by atoms with Crippen LogP contribution in [0.1, 0.15) is 24.1 Å². The minimum absolute atomic E-state index is 0.0628. The fourth-order valence-electron chi connectivity index (χ4n) is 4.95. The van der Waals surface area contributed by atoms with E-state index in [1.807, 2.05) is 73.6 Å². The van der Waals surface area contributed by atoms with E-state index in [9.17, 15) is 24.6 Å². The number of nitrogens with zero attached hydrogens (tertiary/aromatic N) is 2. The molecule has 2 amide bonds. The lowest BCUT2D eigenvalue weighted by atomic mass is 9.76. The number of nitrogens with one attached hydrogen (secondary N) is 1. The number of amides is 2. The second kappa shape index (κ2) is 8.03. The standard InChI is InChI=1S/C24H27N3O5/c1-14(28)24(23(31)32)19-18(20(25-24)16-9-11-17(12-10-16)26(2)3)21(29)27(22(19)30)13-15-7-5-4-6-8-15/h4-12,14,18-20,25,28H,13H2,1-3H3,(H,31,32). The van der Waals surface area contributed by atoms with Gasteiger partial charge in [-0.2, -0.15) is 0 Å². The number of fused-ring (bicyclic) bond motifs is 1. The van der Waals surface area contributed by atoms with Crippen molar-refractivity contribution in [2.24, 2.45) is 11.8 Å². The Morgan fingerprint density at radius 2 is 1.72 bits per heavy atom. The third-order valence-electron chi connectivity index (χ3n) is 6.65. The summed E-state index contributed by atoms with van der Waals surface area (Å²) in [6, 6.07) is 15.8. The molecular weight excluding hydrogens is 410 g/mol. The fourth-order valence-corrected chi connectivity index (χ4v) is 4.95. The number of carbonyl (C=O) groups excluding carboxylic acids is 2. The topological polar surface area (TPSA) is 110 Å². The van der Waals surface area contributed by atoms with Crippen molar-refractivity contribution in [2.75, 3.05) is 19.0 Å². The minimum Gasteiger partial charge on any atom is -0.480 e. The highest BCUT2D eigenvalue weighted by atomic mass is 16.4. The van der Waals surface area contributed by atoms with Crippen LogP contribution < -0.4 is 10.2 Å². The van der Waals surface area contributed by atoms with E-state index in [2.05, 4.69) is 5.32 Å². The number of rotatable bonds is 6. The molecule has 2 fully saturated rings. The predicted molar refractivity (Wildman–Crippen MR) is 118 cm³/mol. The van der Waals surface area contributed by atoms with Crippen LogP contribution in [0.25, 0.3) is 0 Å². The van der Waals surface area contributed by atoms with E-state index in [0.29, 0.717) is 5.56 Å². The van der Waals surface area contributed by atoms with Gasteiger partial charge in [0.1, 0.15) is 0 Å². The lowest BCUT2D eigenvalue weighted by molar-refractivity contribution is -0.157. The van der Waals surface area contributed by atoms with Crippen LogP contribution in [0.2, 0.25) is 0 Å². The number of anilines is 1. The van der Waals surface area contributed by atoms with Gasteiger partial charge in [0.15, 0.2) is 5.54 Å². The molecule has 2 aliphatic heterocycles. The van der Waals surface area contributed by atoms with Crippen LogP contribution in [-0.4, -0.2) is 58.6 Å². The third kappa shape index (κ3) is 3.27. The number of aliphatic hydroxyl groups is 1. The van der Waals surface area contributed by atoms with Crippen LogP contribution in [0.15, 0.2) is 54.6 Å². The summed E-state index contributed by atoms with van der Waals surface area (Å²) in [7, 11) is 3.81. The number of imide groups is 1. The van der Waals surface area contributed by atoms with E-state index < -0.39 is 47.3 Å². The molecule has 3 N–H and O–H groups in total. The number of benzene rings is 2. The number of carboxylic acids is 1. The highest BCUT2D eigenvalue weighted by Gasteiger charge is 2.70. The first-order chi connectivity index (χ1) is 15.2. The maximum Gasteiger partial charge on any atom is 0.327 e. The highest BCUT2D eigenvalue weighted by Crippen LogP contribution is 2.50. The molecule has 0 aromatic heterocycles. The SMILES string of the molecule is CC(O)C1(C(=O)O)NC(c2ccc(N(C)C)cc2)C2C(=O)N(Cc3ccccc3)C(=O)C21. The average molecular weight is 437 g/mol. The second-order valence-corrected chi connectivity index (χ2v) is 8.71. The third-order valence-corrected chi connectivity index (χ3v) is 6.65. The molecule has 5 unspecified atom stereocenters. The molecule has 0 bridgehead atoms. The zero-order valence-corrected chi connectivity index (χ0v) is 18.2. The summed E-state index contributed by atoms with van der Waals surface area (Å²) in [5.41, 5.74) is 0.445. The highest BCUT2D eigenvalue weighted by molar-refractivity contribution is 6.09. The summed E-state index contributed by atoms with van der Waals surface area (Å²) in [5.74, 6) is -4.50. The quantitative estimate of drug-likeness (QED) is 0.586. The number of carbonyl (C=O) groups is 3. The van der Waals surface area contributed by atoms with Gasteiger partial charge >= 0.3 is 5.97 Å². The first kappa shape index (κ1) is 22.0. The smallest absolute Gasteiger partial charge is 0.327 e. The molecule has 5 atom stereocenters. The zero-order chi connectivity index (χ0) is 23.2. The predicted octanol–water partition coefficient (Wildman–Crippen LogP) is 1.40. The van der Waals surface area contributed by atoms with E-state index >= 15 is 0 Å². The Balaban J connectivity index is 1.78. The van der Waals surface area contributed by atoms with Crippen molar-refractivity contribution in [2.45, 2.75) is 31.2 Å². The van der Waals surface area contributed by atoms with Crippen molar-refractivity contribution >= 4 is 23.5 Å². The van der Waals surface area contributed by atoms with Crippen molar-refractivity contribution in [1.29, 1.82) is 0 Å². The Bertz CT molecular complexity index is 1040. The second-order valence-electron chi connectivity index (χ2n) is 8.71. The summed E-state index contributed by atoms with van der Waals surface area (Å²) in [6.07, 6.45) is -1.40. The molecule has 8 heteroatoms. The summed E-state index contributed by atoms with van der Waals surface area (Å²) < 4.78 is 0. The Kier molecular flexibility index (Phi) is 5.52. The maximum atomic E-state index is 13.5. The van der Waals surface area contributed by atoms with E-state index in [-0.39, 0.29) is 6.54 Å². The van der Waals surface area contributed by atoms with E-state index in [4.69, 9.17) is 0 Å². The first-order valence-electron chi connectivity index (χ1n) is 10.5. The molecule has 8 nitrogen and oxygen atoms in total. The lowest BCUT2D eigenvalue weighted by Crippen LogP contribution is -2.62. The largest absolute Gasteiger partial charge is 0.480 e. The molecule has 2 heterocycles. The van der Waals surface area contributed by atoms with Gasteiger partial charge in [0.05, 0.1) is 24.5 Å². The number of hydrogen-bond acceptors (Lipinski definition) is 6. The van der Waals surface area contributed by atoms with E-state index in [0.717, 1.165) is 16.2 Å². The average Bonchev–Trinajstić information content (AvgIpc) is 3.25. The van der Waals surface area contributed by atoms with Gasteiger partial charge in [-0.25, -0.2) is 0 Å². The van der Waals surface area contributed by atoms with Gasteiger partial charge < -0.3 is 15.1 Å². The van der Waals surface area contributed by atoms with Crippen LogP contribution >= 0.6 is 0 Å². The van der Waals surface area contributed by atoms with Gasteiger partial charge in [-0.1, -0.05) is 42.5 Å². The van der Waals surface area contributed by atoms with E-state index in [1.165, 1.54) is 6.92 Å². The lowest BCUT2D eigenvalue weighted by Gasteiger charge is -2.33. The molecule has 2 aromatic rings. The molecule has 2 saturated heterocycles. The van der Waals surface area contributed by atoms with Crippen molar-refractivity contribution < 1.29 is 24.6 Å². The number of likely N-dealkylation sites (tertiary alicyclic amines) is 1. The van der Waals surface area contributed by atoms with Crippen LogP contribution in [-0.2, 0) is 20.9 Å². The van der Waals surface area contributed by atoms with Crippen LogP contribution in [0.3, 0.4) is 0 Å². The van der Waals surface area contributed by atoms with Gasteiger partial charge in [-0.05, 0) is 30.2 Å². The summed E-state index contributed by atoms with van der Waals surface area (Å²) in [5, 5.41) is 23.7. The summed E-state index contributed by atoms with van der Waals surface area (Å²) >= 11 is 0. The van der Waals surface area contributed by atoms with Gasteiger partial charge in [-0.3, -0.25) is 24.6 Å². The van der Waals surface area contributed by atoms with Crippen LogP contribution in [0.5, 0.6) is 0 Å². The van der Waals surface area contributed by atoms with Crippen LogP contribution in [0, 0.1) is 11.8 Å². The summed E-state index contributed by atoms with van der Waals surface area (Å²) in [6.45, 7) is 1.40. The van der Waals surface area contributed by atoms with Crippen LogP contribution in [0.4, 0.5) is 5.69 Å². The van der Waals surface area contributed by atoms with Crippen molar-refractivity contribution in [3.05, 3.63) is 65.7 Å². The number of carboxylic acid groups (broad SMARTS) is 1. The molecule has 168 valence electrons. The normalized spacial score (nSPS) is 28.0. The summed E-state index contributed by atoms with van der Waals surface area (Å²) in [4.78, 5) is 42.4. The molecule has 0 spiro atoms. The monoisotopic (exact) mass is 437 g/mol. The molecule has 2 aliphatic rings. The molecule has 0 saturated carbocycles. The Morgan fingerprint density at radius 1 is 1.09 bits per heavy atom. The van der Waals surface area contributed by atoms with Gasteiger partial charge in [-0.15, -0.1) is 0 Å². The zero-order valence-electron chi connectivity index (χ0n) is 18.2. The molecule has 4 rings (SSSR count). The number of aliphatic carboxylic acids is 1. The Labute approximate surface area is 186 Å². The fraction of sp³-hybridized carbons (Fsp3) is 0.375. The van der Waals surface area contributed by atoms with E-state index in [1.54, 1.807) is 0 Å². The van der Waals surface area contributed by atoms with Crippen molar-refractivity contribution in [3.63, 3.8) is 0 Å². The van der Waals surface area contributed by atoms with Crippen molar-refractivity contribution in [1.82, 2.24) is 10.2 Å². The first-order valence-corrected chi connectivity index (χ1v) is 10.5. The van der Waals surface area contributed by atoms with Crippen molar-refractivity contribution in [3.8, 4) is 0 Å². The Morgan fingerprint density at radius 3 is 2.25 bits per heavy atom. The minimum atomic E-state index is -1.96. The molecular formula is C24H27N3O5. The van der Waals surface area contributed by atoms with Gasteiger partial charge in [0.2, 0.25) is 11.8 Å². The Hall–Kier alpha value is -3.23. The maximum absolute atomic E-state index is 13.5. The molecule has 0 aliphatic carbocycles. The van der Waals surface area contributed by atoms with Gasteiger partial charge in [0.25, 0.3) is 0 Å². The number of hydrogen-bond donors (Lipinski definition) is 3.